The standard InChI is InChI=1S/C15H19ClFN3/c16-13-8-9(4-5-14(13)17)10-6-12(7-10)20-15(18)19-11-2-1-3-11/h4-5,8,10-12H,1-3,6-7H2,(H3,18,19,20). The summed E-state index contributed by atoms with van der Waals surface area (Å²) in [6.45, 7) is 0. The van der Waals surface area contributed by atoms with Crippen molar-refractivity contribution in [2.45, 2.75) is 50.1 Å². The Balaban J connectivity index is 1.50. The molecule has 20 heavy (non-hydrogen) atoms. The van der Waals surface area contributed by atoms with Gasteiger partial charge in [-0.05, 0) is 55.7 Å². The zero-order valence-corrected chi connectivity index (χ0v) is 12.0. The van der Waals surface area contributed by atoms with Gasteiger partial charge >= 0.3 is 0 Å². The fraction of sp³-hybridized carbons (Fsp3) is 0.533. The average molecular weight is 296 g/mol. The Labute approximate surface area is 123 Å². The van der Waals surface area contributed by atoms with Crippen molar-refractivity contribution < 1.29 is 4.39 Å². The minimum atomic E-state index is -0.360. The summed E-state index contributed by atoms with van der Waals surface area (Å²) in [5, 5.41) is 3.46. The fourth-order valence-electron chi connectivity index (χ4n) is 2.73. The first kappa shape index (κ1) is 13.7. The molecule has 0 heterocycles. The lowest BCUT2D eigenvalue weighted by molar-refractivity contribution is 0.321. The predicted molar refractivity (Wildman–Crippen MR) is 79.6 cm³/mol. The van der Waals surface area contributed by atoms with Crippen molar-refractivity contribution in [1.29, 1.82) is 0 Å². The third-order valence-corrected chi connectivity index (χ3v) is 4.59. The molecule has 3 N–H and O–H groups in total. The number of aliphatic imine (C=N–C) groups is 1. The van der Waals surface area contributed by atoms with E-state index in [2.05, 4.69) is 10.3 Å². The van der Waals surface area contributed by atoms with Crippen molar-refractivity contribution in [3.63, 3.8) is 0 Å². The average Bonchev–Trinajstić information content (AvgIpc) is 2.32. The normalized spacial score (nSPS) is 26.8. The Morgan fingerprint density at radius 1 is 1.35 bits per heavy atom. The lowest BCUT2D eigenvalue weighted by Crippen LogP contribution is -2.47. The van der Waals surface area contributed by atoms with E-state index in [1.807, 2.05) is 6.07 Å². The molecule has 0 bridgehead atoms. The van der Waals surface area contributed by atoms with Crippen LogP contribution in [0, 0.1) is 5.82 Å². The van der Waals surface area contributed by atoms with Gasteiger partial charge in [-0.25, -0.2) is 4.39 Å². The number of hydrogen-bond donors (Lipinski definition) is 2. The van der Waals surface area contributed by atoms with Crippen molar-refractivity contribution in [1.82, 2.24) is 5.32 Å². The molecule has 3 rings (SSSR count). The fourth-order valence-corrected chi connectivity index (χ4v) is 2.92. The van der Waals surface area contributed by atoms with Gasteiger partial charge in [0.2, 0.25) is 0 Å². The quantitative estimate of drug-likeness (QED) is 0.665. The van der Waals surface area contributed by atoms with Crippen molar-refractivity contribution in [2.75, 3.05) is 0 Å². The highest BCUT2D eigenvalue weighted by Gasteiger charge is 2.31. The number of nitrogens with one attached hydrogen (secondary N) is 1. The molecule has 0 amide bonds. The van der Waals surface area contributed by atoms with Crippen molar-refractivity contribution >= 4 is 17.6 Å². The number of hydrogen-bond acceptors (Lipinski definition) is 1. The number of halogens is 2. The first-order valence-electron chi connectivity index (χ1n) is 7.16. The van der Waals surface area contributed by atoms with Crippen LogP contribution >= 0.6 is 11.6 Å². The Morgan fingerprint density at radius 3 is 2.70 bits per heavy atom. The molecule has 0 atom stereocenters. The van der Waals surface area contributed by atoms with E-state index in [9.17, 15) is 4.39 Å². The Kier molecular flexibility index (Phi) is 3.83. The molecule has 2 aliphatic rings. The molecule has 0 spiro atoms. The Bertz CT molecular complexity index is 522. The van der Waals surface area contributed by atoms with Crippen molar-refractivity contribution in [3.05, 3.63) is 34.6 Å². The van der Waals surface area contributed by atoms with Gasteiger partial charge in [-0.1, -0.05) is 17.7 Å². The van der Waals surface area contributed by atoms with Gasteiger partial charge in [0.25, 0.3) is 0 Å². The third kappa shape index (κ3) is 2.90. The van der Waals surface area contributed by atoms with E-state index in [-0.39, 0.29) is 10.8 Å². The minimum absolute atomic E-state index is 0.199. The number of benzene rings is 1. The minimum Gasteiger partial charge on any atom is -0.370 e. The first-order chi connectivity index (χ1) is 9.61. The molecule has 5 heteroatoms. The van der Waals surface area contributed by atoms with Gasteiger partial charge in [-0.2, -0.15) is 0 Å². The van der Waals surface area contributed by atoms with Crippen LogP contribution in [0.3, 0.4) is 0 Å². The molecule has 0 aromatic heterocycles. The van der Waals surface area contributed by atoms with E-state index >= 15 is 0 Å². The topological polar surface area (TPSA) is 50.4 Å². The SMILES string of the molecule is NC(=NC1CCC1)NC1CC(c2ccc(F)c(Cl)c2)C1. The van der Waals surface area contributed by atoms with Crippen LogP contribution in [-0.4, -0.2) is 18.0 Å². The van der Waals surface area contributed by atoms with Crippen molar-refractivity contribution in [3.8, 4) is 0 Å². The predicted octanol–water partition coefficient (Wildman–Crippen LogP) is 3.18. The molecule has 0 aliphatic heterocycles. The molecule has 1 aromatic rings. The Hall–Kier alpha value is -1.29. The molecule has 0 radical (unpaired) electrons. The maximum atomic E-state index is 13.1. The molecule has 3 nitrogen and oxygen atoms in total. The maximum Gasteiger partial charge on any atom is 0.189 e. The molecule has 108 valence electrons. The summed E-state index contributed by atoms with van der Waals surface area (Å²) < 4.78 is 13.1. The molecule has 2 saturated carbocycles. The Morgan fingerprint density at radius 2 is 2.10 bits per heavy atom. The summed E-state index contributed by atoms with van der Waals surface area (Å²) in [5.74, 6) is 0.638. The van der Waals surface area contributed by atoms with Crippen LogP contribution in [0.2, 0.25) is 5.02 Å². The molecule has 2 fully saturated rings. The van der Waals surface area contributed by atoms with Crippen LogP contribution in [0.1, 0.15) is 43.6 Å². The zero-order valence-electron chi connectivity index (χ0n) is 11.3. The van der Waals surface area contributed by atoms with Crippen LogP contribution in [-0.2, 0) is 0 Å². The van der Waals surface area contributed by atoms with Crippen LogP contribution in [0.5, 0.6) is 0 Å². The smallest absolute Gasteiger partial charge is 0.189 e. The summed E-state index contributed by atoms with van der Waals surface area (Å²) in [7, 11) is 0. The second-order valence-corrected chi connectivity index (χ2v) is 6.19. The van der Waals surface area contributed by atoms with Gasteiger partial charge in [-0.3, -0.25) is 4.99 Å². The molecule has 0 saturated heterocycles. The number of nitrogens with two attached hydrogens (primary N) is 1. The van der Waals surface area contributed by atoms with E-state index in [1.54, 1.807) is 6.07 Å². The van der Waals surface area contributed by atoms with Gasteiger partial charge in [0, 0.05) is 6.04 Å². The van der Waals surface area contributed by atoms with Gasteiger partial charge in [-0.15, -0.1) is 0 Å². The van der Waals surface area contributed by atoms with Gasteiger partial charge in [0.15, 0.2) is 5.96 Å². The van der Waals surface area contributed by atoms with E-state index in [0.717, 1.165) is 31.2 Å². The molecule has 2 aliphatic carbocycles. The van der Waals surface area contributed by atoms with Crippen LogP contribution in [0.25, 0.3) is 0 Å². The molecule has 0 unspecified atom stereocenters. The summed E-state index contributed by atoms with van der Waals surface area (Å²) in [6.07, 6.45) is 5.55. The lowest BCUT2D eigenvalue weighted by atomic mass is 9.76. The lowest BCUT2D eigenvalue weighted by Gasteiger charge is -2.37. The summed E-state index contributed by atoms with van der Waals surface area (Å²) >= 11 is 5.81. The highest BCUT2D eigenvalue weighted by molar-refractivity contribution is 6.30. The number of rotatable bonds is 3. The zero-order chi connectivity index (χ0) is 14.1. The molecule has 1 aromatic carbocycles. The first-order valence-corrected chi connectivity index (χ1v) is 7.54. The summed E-state index contributed by atoms with van der Waals surface area (Å²) in [5.41, 5.74) is 6.99. The van der Waals surface area contributed by atoms with Crippen molar-refractivity contribution in [2.24, 2.45) is 10.7 Å². The number of guanidine groups is 1. The van der Waals surface area contributed by atoms with E-state index in [4.69, 9.17) is 17.3 Å². The molecular formula is C15H19ClFN3. The van der Waals surface area contributed by atoms with Crippen LogP contribution < -0.4 is 11.1 Å². The van der Waals surface area contributed by atoms with Gasteiger partial charge < -0.3 is 11.1 Å². The summed E-state index contributed by atoms with van der Waals surface area (Å²) in [4.78, 5) is 4.44. The second-order valence-electron chi connectivity index (χ2n) is 5.78. The largest absolute Gasteiger partial charge is 0.370 e. The van der Waals surface area contributed by atoms with Gasteiger partial charge in [0.05, 0.1) is 11.1 Å². The van der Waals surface area contributed by atoms with Crippen LogP contribution in [0.4, 0.5) is 4.39 Å². The highest BCUT2D eigenvalue weighted by Crippen LogP contribution is 2.38. The van der Waals surface area contributed by atoms with E-state index in [1.165, 1.54) is 12.5 Å². The van der Waals surface area contributed by atoms with Crippen LogP contribution in [0.15, 0.2) is 23.2 Å². The third-order valence-electron chi connectivity index (χ3n) is 4.30. The van der Waals surface area contributed by atoms with E-state index < -0.39 is 0 Å². The number of nitrogens with zero attached hydrogens (tertiary/aromatic N) is 1. The summed E-state index contributed by atoms with van der Waals surface area (Å²) in [6, 6.07) is 5.77. The monoisotopic (exact) mass is 295 g/mol. The van der Waals surface area contributed by atoms with E-state index in [0.29, 0.717) is 24.0 Å². The highest BCUT2D eigenvalue weighted by atomic mass is 35.5. The maximum absolute atomic E-state index is 13.1. The van der Waals surface area contributed by atoms with Gasteiger partial charge in [0.1, 0.15) is 5.82 Å². The second kappa shape index (κ2) is 5.60. The molecular weight excluding hydrogens is 277 g/mol.